The lowest BCUT2D eigenvalue weighted by atomic mass is 10.1. The minimum atomic E-state index is -0.704. The highest BCUT2D eigenvalue weighted by atomic mass is 35.5. The molecule has 40 heavy (non-hydrogen) atoms. The first-order chi connectivity index (χ1) is 18.9. The van der Waals surface area contributed by atoms with Crippen molar-refractivity contribution in [3.05, 3.63) is 45.2 Å². The summed E-state index contributed by atoms with van der Waals surface area (Å²) in [7, 11) is 0. The van der Waals surface area contributed by atoms with E-state index in [2.05, 4.69) is 19.9 Å². The SMILES string of the molecule is C[C@@H]1CN(c2nc(=O)n(-c3c(C4CC4)ncnc3C3CC3)c3nc(Cl)c(F)cc23)[C@@H](C)CN1C(=O)OC(C)(C)C. The molecule has 10 nitrogen and oxygen atoms in total. The normalized spacial score (nSPS) is 21.7. The largest absolute Gasteiger partial charge is 0.444 e. The van der Waals surface area contributed by atoms with Crippen LogP contribution in [0.25, 0.3) is 16.7 Å². The lowest BCUT2D eigenvalue weighted by molar-refractivity contribution is 0.0130. The van der Waals surface area contributed by atoms with Gasteiger partial charge in [0.05, 0.1) is 22.5 Å². The molecule has 2 aliphatic carbocycles. The second-order valence-corrected chi connectivity index (χ2v) is 12.6. The first-order valence-electron chi connectivity index (χ1n) is 13.8. The number of nitrogens with zero attached hydrogens (tertiary/aromatic N) is 7. The molecular formula is C28H33ClFN7O3. The average Bonchev–Trinajstić information content (AvgIpc) is 3.78. The van der Waals surface area contributed by atoms with Crippen molar-refractivity contribution in [2.24, 2.45) is 0 Å². The van der Waals surface area contributed by atoms with Gasteiger partial charge in [-0.15, -0.1) is 0 Å². The minimum Gasteiger partial charge on any atom is -0.444 e. The topological polar surface area (TPSA) is 106 Å². The van der Waals surface area contributed by atoms with Gasteiger partial charge >= 0.3 is 11.8 Å². The number of hydrogen-bond acceptors (Lipinski definition) is 8. The van der Waals surface area contributed by atoms with Gasteiger partial charge in [-0.3, -0.25) is 0 Å². The number of hydrogen-bond donors (Lipinski definition) is 0. The molecule has 12 heteroatoms. The maximum atomic E-state index is 14.9. The summed E-state index contributed by atoms with van der Waals surface area (Å²) in [5.41, 5.74) is 1.24. The Kier molecular flexibility index (Phi) is 6.47. The summed E-state index contributed by atoms with van der Waals surface area (Å²) in [5, 5.41) is 0.0327. The summed E-state index contributed by atoms with van der Waals surface area (Å²) in [6.07, 6.45) is 5.08. The molecule has 3 aromatic rings. The predicted octanol–water partition coefficient (Wildman–Crippen LogP) is 4.95. The van der Waals surface area contributed by atoms with Crippen LogP contribution in [0.1, 0.15) is 83.5 Å². The zero-order valence-corrected chi connectivity index (χ0v) is 24.1. The van der Waals surface area contributed by atoms with Gasteiger partial charge in [-0.25, -0.2) is 33.5 Å². The molecule has 0 bridgehead atoms. The van der Waals surface area contributed by atoms with Crippen LogP contribution >= 0.6 is 11.6 Å². The van der Waals surface area contributed by atoms with Crippen molar-refractivity contribution in [2.45, 2.75) is 89.8 Å². The lowest BCUT2D eigenvalue weighted by Crippen LogP contribution is -2.59. The van der Waals surface area contributed by atoms with Crippen LogP contribution < -0.4 is 10.6 Å². The summed E-state index contributed by atoms with van der Waals surface area (Å²) in [6, 6.07) is 0.802. The number of amides is 1. The molecule has 3 aromatic heterocycles. The van der Waals surface area contributed by atoms with Gasteiger partial charge in [0, 0.05) is 37.0 Å². The van der Waals surface area contributed by atoms with E-state index in [0.29, 0.717) is 30.0 Å². The fourth-order valence-electron chi connectivity index (χ4n) is 5.45. The minimum absolute atomic E-state index is 0.217. The quantitative estimate of drug-likeness (QED) is 0.406. The monoisotopic (exact) mass is 569 g/mol. The van der Waals surface area contributed by atoms with Crippen LogP contribution in [0.5, 0.6) is 0 Å². The Morgan fingerprint density at radius 3 is 2.23 bits per heavy atom. The Balaban J connectivity index is 1.48. The molecular weight excluding hydrogens is 537 g/mol. The number of halogens is 2. The third-order valence-electron chi connectivity index (χ3n) is 7.68. The number of pyridine rings is 1. The molecule has 1 aliphatic heterocycles. The van der Waals surface area contributed by atoms with E-state index in [9.17, 15) is 14.0 Å². The molecule has 4 heterocycles. The summed E-state index contributed by atoms with van der Waals surface area (Å²) in [5.74, 6) is 0.0645. The second-order valence-electron chi connectivity index (χ2n) is 12.2. The van der Waals surface area contributed by atoms with Gasteiger partial charge in [0.15, 0.2) is 16.6 Å². The average molecular weight is 570 g/mol. The Labute approximate surface area is 236 Å². The number of carbonyl (C=O) groups excluding carboxylic acids is 1. The number of piperazine rings is 1. The van der Waals surface area contributed by atoms with Gasteiger partial charge in [0.2, 0.25) is 0 Å². The molecule has 0 N–H and O–H groups in total. The molecule has 1 amide bonds. The van der Waals surface area contributed by atoms with Crippen molar-refractivity contribution in [2.75, 3.05) is 18.0 Å². The van der Waals surface area contributed by atoms with E-state index in [1.807, 2.05) is 39.5 Å². The third-order valence-corrected chi connectivity index (χ3v) is 7.94. The summed E-state index contributed by atoms with van der Waals surface area (Å²) < 4.78 is 22.0. The highest BCUT2D eigenvalue weighted by Crippen LogP contribution is 2.47. The van der Waals surface area contributed by atoms with Crippen molar-refractivity contribution in [1.29, 1.82) is 0 Å². The molecule has 1 saturated heterocycles. The standard InChI is InChI=1S/C28H33ClFN7O3/c1-14-12-36(27(39)40-28(3,4)5)15(2)11-35(14)24-18-10-19(30)23(29)33-25(18)37(26(38)34-24)22-20(16-6-7-16)31-13-32-21(22)17-8-9-17/h10,13-17H,6-9,11-12H2,1-5H3/t14-,15+/m0/s1. The number of carbonyl (C=O) groups is 1. The first-order valence-corrected chi connectivity index (χ1v) is 14.2. The molecule has 0 aromatic carbocycles. The number of rotatable bonds is 4. The van der Waals surface area contributed by atoms with E-state index >= 15 is 0 Å². The number of anilines is 1. The summed E-state index contributed by atoms with van der Waals surface area (Å²) >= 11 is 6.20. The molecule has 212 valence electrons. The van der Waals surface area contributed by atoms with Crippen molar-refractivity contribution in [3.8, 4) is 5.69 Å². The van der Waals surface area contributed by atoms with Crippen LogP contribution in [-0.2, 0) is 4.74 Å². The number of ether oxygens (including phenoxy) is 1. The highest BCUT2D eigenvalue weighted by molar-refractivity contribution is 6.30. The molecule has 6 rings (SSSR count). The van der Waals surface area contributed by atoms with Crippen molar-refractivity contribution < 1.29 is 13.9 Å². The summed E-state index contributed by atoms with van der Waals surface area (Å²) in [6.45, 7) is 10.0. The van der Waals surface area contributed by atoms with Crippen LogP contribution in [0.4, 0.5) is 15.0 Å². The first kappa shape index (κ1) is 26.9. The highest BCUT2D eigenvalue weighted by Gasteiger charge is 2.39. The third kappa shape index (κ3) is 4.88. The van der Waals surface area contributed by atoms with Crippen LogP contribution in [0.3, 0.4) is 0 Å². The molecule has 3 aliphatic rings. The smallest absolute Gasteiger partial charge is 0.410 e. The van der Waals surface area contributed by atoms with Crippen LogP contribution in [0.2, 0.25) is 5.15 Å². The summed E-state index contributed by atoms with van der Waals surface area (Å²) in [4.78, 5) is 48.4. The molecule has 0 spiro atoms. The fraction of sp³-hybridized carbons (Fsp3) is 0.571. The molecule has 3 fully saturated rings. The van der Waals surface area contributed by atoms with E-state index in [4.69, 9.17) is 16.3 Å². The van der Waals surface area contributed by atoms with E-state index in [1.165, 1.54) is 10.6 Å². The van der Waals surface area contributed by atoms with Crippen molar-refractivity contribution >= 4 is 34.5 Å². The van der Waals surface area contributed by atoms with Gasteiger partial charge in [-0.05, 0) is 66.4 Å². The zero-order chi connectivity index (χ0) is 28.5. The van der Waals surface area contributed by atoms with E-state index < -0.39 is 23.2 Å². The molecule has 0 radical (unpaired) electrons. The second kappa shape index (κ2) is 9.64. The zero-order valence-electron chi connectivity index (χ0n) is 23.3. The maximum absolute atomic E-state index is 14.9. The van der Waals surface area contributed by atoms with Crippen LogP contribution in [0, 0.1) is 5.82 Å². The van der Waals surface area contributed by atoms with E-state index in [1.54, 1.807) is 11.2 Å². The Bertz CT molecular complexity index is 1530. The van der Waals surface area contributed by atoms with Crippen LogP contribution in [-0.4, -0.2) is 66.3 Å². The molecule has 0 unspecified atom stereocenters. The molecule has 2 saturated carbocycles. The van der Waals surface area contributed by atoms with Crippen LogP contribution in [0.15, 0.2) is 17.2 Å². The van der Waals surface area contributed by atoms with Gasteiger partial charge in [-0.1, -0.05) is 11.6 Å². The lowest BCUT2D eigenvalue weighted by Gasteiger charge is -2.44. The number of fused-ring (bicyclic) bond motifs is 1. The van der Waals surface area contributed by atoms with E-state index in [0.717, 1.165) is 37.1 Å². The maximum Gasteiger partial charge on any atom is 0.410 e. The Morgan fingerprint density at radius 1 is 1.02 bits per heavy atom. The Morgan fingerprint density at radius 2 is 1.65 bits per heavy atom. The van der Waals surface area contributed by atoms with Crippen molar-refractivity contribution in [3.63, 3.8) is 0 Å². The van der Waals surface area contributed by atoms with E-state index in [-0.39, 0.29) is 34.7 Å². The van der Waals surface area contributed by atoms with Gasteiger partial charge in [0.1, 0.15) is 17.7 Å². The Hall–Kier alpha value is -3.34. The van der Waals surface area contributed by atoms with Gasteiger partial charge in [-0.2, -0.15) is 4.98 Å². The predicted molar refractivity (Wildman–Crippen MR) is 149 cm³/mol. The van der Waals surface area contributed by atoms with Gasteiger partial charge in [0.25, 0.3) is 0 Å². The fourth-order valence-corrected chi connectivity index (χ4v) is 5.58. The van der Waals surface area contributed by atoms with Crippen molar-refractivity contribution in [1.82, 2.24) is 29.4 Å². The molecule has 2 atom stereocenters. The van der Waals surface area contributed by atoms with Gasteiger partial charge < -0.3 is 14.5 Å². The number of aromatic nitrogens is 5.